The van der Waals surface area contributed by atoms with Crippen LogP contribution in [0.4, 0.5) is 0 Å². The smallest absolute Gasteiger partial charge is 0.131 e. The van der Waals surface area contributed by atoms with Crippen molar-refractivity contribution in [2.24, 2.45) is 11.5 Å². The summed E-state index contributed by atoms with van der Waals surface area (Å²) in [6, 6.07) is 0. The van der Waals surface area contributed by atoms with Crippen LogP contribution in [0.1, 0.15) is 33.1 Å². The van der Waals surface area contributed by atoms with E-state index in [1.165, 1.54) is 0 Å². The molecule has 0 fully saturated rings. The summed E-state index contributed by atoms with van der Waals surface area (Å²) < 4.78 is 1.20. The maximum absolute atomic E-state index is 5.51. The Morgan fingerprint density at radius 2 is 1.69 bits per heavy atom. The van der Waals surface area contributed by atoms with Crippen LogP contribution in [0.2, 0.25) is 0 Å². The van der Waals surface area contributed by atoms with Crippen LogP contribution in [0.3, 0.4) is 0 Å². The Hall–Kier alpha value is 1.10. The molecular formula is C9H18N2S4Zn. The zero-order valence-corrected chi connectivity index (χ0v) is 16.1. The van der Waals surface area contributed by atoms with Gasteiger partial charge in [0, 0.05) is 30.0 Å². The zero-order chi connectivity index (χ0) is 11.9. The molecule has 0 rings (SSSR count). The number of hydrogen-bond acceptors (Lipinski definition) is 4. The van der Waals surface area contributed by atoms with Crippen molar-refractivity contribution in [2.45, 2.75) is 37.9 Å². The average molecular weight is 348 g/mol. The fourth-order valence-corrected chi connectivity index (χ4v) is 3.42. The summed E-state index contributed by atoms with van der Waals surface area (Å²) in [6.45, 7) is 4.33. The van der Waals surface area contributed by atoms with Gasteiger partial charge in [0.15, 0.2) is 0 Å². The van der Waals surface area contributed by atoms with Gasteiger partial charge in [0.1, 0.15) is 8.64 Å². The Morgan fingerprint density at radius 1 is 1.12 bits per heavy atom. The molecule has 0 aromatic rings. The van der Waals surface area contributed by atoms with Gasteiger partial charge in [-0.3, -0.25) is 0 Å². The van der Waals surface area contributed by atoms with Crippen LogP contribution in [0.25, 0.3) is 0 Å². The first kappa shape index (κ1) is 19.4. The van der Waals surface area contributed by atoms with Crippen LogP contribution >= 0.6 is 48.0 Å². The largest absolute Gasteiger partial charge is 0.385 e. The van der Waals surface area contributed by atoms with E-state index in [1.54, 1.807) is 23.5 Å². The molecule has 0 aliphatic rings. The van der Waals surface area contributed by atoms with Crippen molar-refractivity contribution in [3.05, 3.63) is 0 Å². The second-order valence-corrected chi connectivity index (χ2v) is 8.09. The predicted molar refractivity (Wildman–Crippen MR) is 81.5 cm³/mol. The predicted octanol–water partition coefficient (Wildman–Crippen LogP) is 2.89. The van der Waals surface area contributed by atoms with Crippen LogP contribution < -0.4 is 11.5 Å². The van der Waals surface area contributed by atoms with Crippen molar-refractivity contribution in [1.29, 1.82) is 0 Å². The Bertz CT molecular complexity index is 234. The monoisotopic (exact) mass is 346 g/mol. The molecule has 0 aromatic heterocycles. The second-order valence-electron chi connectivity index (χ2n) is 3.81. The molecule has 0 bridgehead atoms. The minimum absolute atomic E-state index is 0. The van der Waals surface area contributed by atoms with Crippen LogP contribution in [0.15, 0.2) is 0 Å². The number of rotatable bonds is 6. The van der Waals surface area contributed by atoms with Gasteiger partial charge in [0.25, 0.3) is 0 Å². The molecule has 0 saturated heterocycles. The van der Waals surface area contributed by atoms with Gasteiger partial charge in [-0.2, -0.15) is 0 Å². The van der Waals surface area contributed by atoms with E-state index >= 15 is 0 Å². The first-order valence-electron chi connectivity index (χ1n) is 4.74. The van der Waals surface area contributed by atoms with Crippen molar-refractivity contribution < 1.29 is 19.5 Å². The fraction of sp³-hybridized carbons (Fsp3) is 0.778. The van der Waals surface area contributed by atoms with Crippen LogP contribution in [-0.2, 0) is 19.5 Å². The van der Waals surface area contributed by atoms with Crippen LogP contribution in [-0.4, -0.2) is 19.1 Å². The molecule has 7 heteroatoms. The molecular weight excluding hydrogens is 330 g/mol. The Kier molecular flexibility index (Phi) is 12.2. The molecule has 0 amide bonds. The third-order valence-corrected chi connectivity index (χ3v) is 4.13. The molecule has 16 heavy (non-hydrogen) atoms. The van der Waals surface area contributed by atoms with Gasteiger partial charge >= 0.3 is 0 Å². The van der Waals surface area contributed by atoms with E-state index in [4.69, 9.17) is 35.9 Å². The summed E-state index contributed by atoms with van der Waals surface area (Å²) in [6.07, 6.45) is 3.38. The normalized spacial score (nSPS) is 10.6. The fourth-order valence-electron chi connectivity index (χ4n) is 1.15. The first-order valence-corrected chi connectivity index (χ1v) is 7.36. The van der Waals surface area contributed by atoms with Crippen molar-refractivity contribution in [2.75, 3.05) is 5.75 Å². The van der Waals surface area contributed by atoms with E-state index in [9.17, 15) is 0 Å². The quantitative estimate of drug-likeness (QED) is 0.438. The number of thiocarbonyl (C=S) groups is 2. The molecule has 0 unspecified atom stereocenters. The minimum atomic E-state index is 0. The molecule has 0 aromatic carbocycles. The van der Waals surface area contributed by atoms with E-state index in [1.807, 2.05) is 0 Å². The maximum atomic E-state index is 5.51. The van der Waals surface area contributed by atoms with E-state index in [-0.39, 0.29) is 24.2 Å². The van der Waals surface area contributed by atoms with Gasteiger partial charge in [-0.05, 0) is 12.8 Å². The molecule has 0 atom stereocenters. The van der Waals surface area contributed by atoms with Gasteiger partial charge in [-0.1, -0.05) is 68.2 Å². The Morgan fingerprint density at radius 3 is 2.12 bits per heavy atom. The number of nitrogens with two attached hydrogens (primary N) is 2. The van der Waals surface area contributed by atoms with Gasteiger partial charge in [-0.25, -0.2) is 0 Å². The molecule has 90 valence electrons. The standard InChI is InChI=1S/C9H18N2S4.Zn/c1-9(2,15-8(11)13)5-3-4-6-14-7(10)12;/h3-6H2,1-2H3,(H2,10,12)(H2,11,13);. The summed E-state index contributed by atoms with van der Waals surface area (Å²) >= 11 is 12.8. The van der Waals surface area contributed by atoms with Gasteiger partial charge in [0.05, 0.1) is 0 Å². The van der Waals surface area contributed by atoms with E-state index < -0.39 is 0 Å². The molecule has 0 aliphatic heterocycles. The maximum Gasteiger partial charge on any atom is 0.131 e. The topological polar surface area (TPSA) is 52.0 Å². The SMILES string of the molecule is CC(C)(CCCCSC(N)=S)SC(N)=S.[Zn]. The molecule has 0 spiro atoms. The van der Waals surface area contributed by atoms with E-state index in [2.05, 4.69) is 13.8 Å². The number of thioether (sulfide) groups is 2. The molecule has 0 saturated carbocycles. The third kappa shape index (κ3) is 13.2. The van der Waals surface area contributed by atoms with Crippen LogP contribution in [0, 0.1) is 0 Å². The third-order valence-electron chi connectivity index (χ3n) is 1.79. The van der Waals surface area contributed by atoms with Crippen molar-refractivity contribution in [3.8, 4) is 0 Å². The molecule has 4 N–H and O–H groups in total. The van der Waals surface area contributed by atoms with Gasteiger partial charge in [0.2, 0.25) is 0 Å². The molecule has 0 heterocycles. The summed E-state index contributed by atoms with van der Waals surface area (Å²) in [4.78, 5) is 0. The second kappa shape index (κ2) is 10.1. The average Bonchev–Trinajstić information content (AvgIpc) is 1.99. The summed E-state index contributed by atoms with van der Waals surface area (Å²) in [5.74, 6) is 1.00. The Balaban J connectivity index is 0. The summed E-state index contributed by atoms with van der Waals surface area (Å²) in [7, 11) is 0. The van der Waals surface area contributed by atoms with Crippen molar-refractivity contribution >= 4 is 56.6 Å². The van der Waals surface area contributed by atoms with Gasteiger partial charge < -0.3 is 11.5 Å². The summed E-state index contributed by atoms with van der Waals surface area (Å²) in [5, 5.41) is 0. The van der Waals surface area contributed by atoms with E-state index in [0.717, 1.165) is 25.0 Å². The van der Waals surface area contributed by atoms with Crippen molar-refractivity contribution in [1.82, 2.24) is 0 Å². The van der Waals surface area contributed by atoms with E-state index in [0.29, 0.717) is 8.64 Å². The number of unbranched alkanes of at least 4 members (excludes halogenated alkanes) is 1. The van der Waals surface area contributed by atoms with Gasteiger partial charge in [-0.15, -0.1) is 0 Å². The first-order chi connectivity index (χ1) is 6.83. The minimum Gasteiger partial charge on any atom is -0.385 e. The Labute approximate surface area is 130 Å². The molecule has 0 radical (unpaired) electrons. The molecule has 2 nitrogen and oxygen atoms in total. The van der Waals surface area contributed by atoms with Crippen LogP contribution in [0.5, 0.6) is 0 Å². The molecule has 0 aliphatic carbocycles. The number of hydrogen-bond donors (Lipinski definition) is 2. The zero-order valence-electron chi connectivity index (χ0n) is 9.82. The van der Waals surface area contributed by atoms with Crippen molar-refractivity contribution in [3.63, 3.8) is 0 Å². The summed E-state index contributed by atoms with van der Waals surface area (Å²) in [5.41, 5.74) is 10.9.